The number of amides is 1. The number of nitrogens with two attached hydrogens (primary N) is 1. The lowest BCUT2D eigenvalue weighted by Gasteiger charge is -2.18. The quantitative estimate of drug-likeness (QED) is 0.723. The summed E-state index contributed by atoms with van der Waals surface area (Å²) >= 11 is 0. The molecule has 0 atom stereocenters. The number of fused-ring (bicyclic) bond motifs is 1. The lowest BCUT2D eigenvalue weighted by molar-refractivity contribution is 0.101. The molecule has 1 amide bonds. The van der Waals surface area contributed by atoms with E-state index in [0.717, 1.165) is 48.1 Å². The molecule has 0 saturated heterocycles. The van der Waals surface area contributed by atoms with E-state index in [-0.39, 0.29) is 5.69 Å². The zero-order chi connectivity index (χ0) is 19.7. The van der Waals surface area contributed by atoms with Crippen molar-refractivity contribution in [3.63, 3.8) is 0 Å². The number of nitrogens with zero attached hydrogens (tertiary/aromatic N) is 2. The number of nitrogens with one attached hydrogen (secondary N) is 1. The van der Waals surface area contributed by atoms with Crippen molar-refractivity contribution in [3.05, 3.63) is 76.4 Å². The highest BCUT2D eigenvalue weighted by Crippen LogP contribution is 2.27. The monoisotopic (exact) mass is 378 g/mol. The third-order valence-corrected chi connectivity index (χ3v) is 5.13. The number of hydrogen-bond acceptors (Lipinski definition) is 3. The highest BCUT2D eigenvalue weighted by molar-refractivity contribution is 6.03. The average molecular weight is 378 g/mol. The van der Waals surface area contributed by atoms with E-state index in [1.807, 2.05) is 31.2 Å². The summed E-state index contributed by atoms with van der Waals surface area (Å²) in [6, 6.07) is 12.6. The highest BCUT2D eigenvalue weighted by atomic mass is 19.1. The molecule has 0 radical (unpaired) electrons. The molecule has 5 nitrogen and oxygen atoms in total. The fourth-order valence-electron chi connectivity index (χ4n) is 3.71. The first kappa shape index (κ1) is 18.4. The number of anilines is 1. The summed E-state index contributed by atoms with van der Waals surface area (Å²) in [6.07, 6.45) is 3.99. The van der Waals surface area contributed by atoms with Crippen molar-refractivity contribution < 1.29 is 9.18 Å². The summed E-state index contributed by atoms with van der Waals surface area (Å²) in [7, 11) is 0. The van der Waals surface area contributed by atoms with Gasteiger partial charge in [0.2, 0.25) is 0 Å². The van der Waals surface area contributed by atoms with Gasteiger partial charge in [-0.3, -0.25) is 4.79 Å². The fraction of sp³-hybridized carbons (Fsp3) is 0.273. The van der Waals surface area contributed by atoms with Crippen LogP contribution in [0.4, 0.5) is 10.1 Å². The van der Waals surface area contributed by atoms with Gasteiger partial charge in [0.15, 0.2) is 0 Å². The molecular weight excluding hydrogens is 355 g/mol. The average Bonchev–Trinajstić information content (AvgIpc) is 3.10. The van der Waals surface area contributed by atoms with Crippen LogP contribution < -0.4 is 11.1 Å². The maximum absolute atomic E-state index is 14.5. The van der Waals surface area contributed by atoms with Gasteiger partial charge in [-0.15, -0.1) is 0 Å². The molecule has 0 fully saturated rings. The maximum atomic E-state index is 14.5. The number of carbonyl (C=O) groups is 1. The maximum Gasteiger partial charge on any atom is 0.274 e. The zero-order valence-electron chi connectivity index (χ0n) is 15.8. The molecule has 3 N–H and O–H groups in total. The van der Waals surface area contributed by atoms with Crippen molar-refractivity contribution in [2.45, 2.75) is 39.2 Å². The minimum Gasteiger partial charge on any atom is -0.326 e. The number of aryl methyl sites for hydroxylation is 3. The van der Waals surface area contributed by atoms with Gasteiger partial charge in [-0.2, -0.15) is 5.10 Å². The number of benzene rings is 2. The van der Waals surface area contributed by atoms with Gasteiger partial charge in [0, 0.05) is 6.54 Å². The Morgan fingerprint density at radius 1 is 1.18 bits per heavy atom. The minimum atomic E-state index is -0.401. The summed E-state index contributed by atoms with van der Waals surface area (Å²) in [5.41, 5.74) is 10.8. The zero-order valence-corrected chi connectivity index (χ0v) is 15.8. The van der Waals surface area contributed by atoms with E-state index in [1.54, 1.807) is 22.9 Å². The molecule has 2 aromatic carbocycles. The van der Waals surface area contributed by atoms with Crippen LogP contribution in [0.3, 0.4) is 0 Å². The molecule has 144 valence electrons. The van der Waals surface area contributed by atoms with Crippen LogP contribution in [0.5, 0.6) is 0 Å². The van der Waals surface area contributed by atoms with E-state index in [1.165, 1.54) is 0 Å². The number of carbonyl (C=O) groups excluding carboxylic acids is 1. The Hall–Kier alpha value is -2.99. The smallest absolute Gasteiger partial charge is 0.274 e. The second kappa shape index (κ2) is 7.56. The molecule has 0 unspecified atom stereocenters. The van der Waals surface area contributed by atoms with E-state index in [2.05, 4.69) is 10.4 Å². The minimum absolute atomic E-state index is 0.215. The van der Waals surface area contributed by atoms with E-state index < -0.39 is 11.7 Å². The Balaban J connectivity index is 1.66. The predicted octanol–water partition coefficient (Wildman–Crippen LogP) is 3.91. The van der Waals surface area contributed by atoms with Gasteiger partial charge in [0.05, 0.1) is 17.1 Å². The van der Waals surface area contributed by atoms with Gasteiger partial charge in [-0.1, -0.05) is 12.1 Å². The topological polar surface area (TPSA) is 72.9 Å². The molecule has 1 aromatic heterocycles. The van der Waals surface area contributed by atoms with Crippen LogP contribution in [0, 0.1) is 12.7 Å². The van der Waals surface area contributed by atoms with Gasteiger partial charge >= 0.3 is 0 Å². The molecule has 0 aliphatic heterocycles. The van der Waals surface area contributed by atoms with Gasteiger partial charge in [0.1, 0.15) is 11.5 Å². The first-order valence-electron chi connectivity index (χ1n) is 9.54. The number of rotatable bonds is 4. The molecule has 3 aromatic rings. The van der Waals surface area contributed by atoms with Gasteiger partial charge in [0.25, 0.3) is 5.91 Å². The molecule has 6 heteroatoms. The Morgan fingerprint density at radius 3 is 2.68 bits per heavy atom. The third-order valence-electron chi connectivity index (χ3n) is 5.13. The third kappa shape index (κ3) is 3.55. The van der Waals surface area contributed by atoms with Crippen LogP contribution in [-0.2, 0) is 19.4 Å². The second-order valence-electron chi connectivity index (χ2n) is 7.22. The Kier molecular flexibility index (Phi) is 4.96. The molecule has 1 aliphatic carbocycles. The van der Waals surface area contributed by atoms with E-state index in [9.17, 15) is 9.18 Å². The van der Waals surface area contributed by atoms with Crippen LogP contribution in [-0.4, -0.2) is 15.7 Å². The number of aromatic nitrogens is 2. The lowest BCUT2D eigenvalue weighted by Crippen LogP contribution is -2.18. The van der Waals surface area contributed by atoms with Crippen LogP contribution in [0.25, 0.3) is 5.69 Å². The molecule has 28 heavy (non-hydrogen) atoms. The Morgan fingerprint density at radius 2 is 1.93 bits per heavy atom. The van der Waals surface area contributed by atoms with Crippen molar-refractivity contribution in [3.8, 4) is 5.69 Å². The second-order valence-corrected chi connectivity index (χ2v) is 7.22. The molecule has 4 rings (SSSR count). The lowest BCUT2D eigenvalue weighted by atomic mass is 9.91. The molecule has 0 saturated carbocycles. The van der Waals surface area contributed by atoms with Crippen molar-refractivity contribution >= 4 is 11.6 Å². The van der Waals surface area contributed by atoms with Crippen LogP contribution in [0.15, 0.2) is 42.5 Å². The van der Waals surface area contributed by atoms with Crippen molar-refractivity contribution in [1.82, 2.24) is 9.78 Å². The van der Waals surface area contributed by atoms with Crippen LogP contribution in [0.1, 0.15) is 45.7 Å². The summed E-state index contributed by atoms with van der Waals surface area (Å²) in [5, 5.41) is 7.16. The molecule has 1 aliphatic rings. The van der Waals surface area contributed by atoms with E-state index >= 15 is 0 Å². The first-order chi connectivity index (χ1) is 13.5. The molecule has 0 spiro atoms. The van der Waals surface area contributed by atoms with Crippen molar-refractivity contribution in [2.75, 3.05) is 5.32 Å². The van der Waals surface area contributed by atoms with Crippen molar-refractivity contribution in [2.24, 2.45) is 5.73 Å². The molecule has 0 bridgehead atoms. The Bertz CT molecular complexity index is 1040. The standard InChI is InChI=1S/C22H23FN4O/c1-14-9-21(27(26-14)18-8-4-5-15(10-18)13-24)22(28)25-20-12-17-7-3-2-6-16(17)11-19(20)23/h4-5,8-12H,2-3,6-7,13,24H2,1H3,(H,25,28). The van der Waals surface area contributed by atoms with Crippen LogP contribution in [0.2, 0.25) is 0 Å². The summed E-state index contributed by atoms with van der Waals surface area (Å²) < 4.78 is 16.1. The van der Waals surface area contributed by atoms with Crippen LogP contribution >= 0.6 is 0 Å². The van der Waals surface area contributed by atoms with Gasteiger partial charge in [-0.05, 0) is 79.6 Å². The normalized spacial score (nSPS) is 13.2. The predicted molar refractivity (Wildman–Crippen MR) is 107 cm³/mol. The SMILES string of the molecule is Cc1cc(C(=O)Nc2cc3c(cc2F)CCCC3)n(-c2cccc(CN)c2)n1. The Labute approximate surface area is 163 Å². The number of hydrogen-bond donors (Lipinski definition) is 2. The van der Waals surface area contributed by atoms with Gasteiger partial charge < -0.3 is 11.1 Å². The summed E-state index contributed by atoms with van der Waals surface area (Å²) in [4.78, 5) is 12.9. The summed E-state index contributed by atoms with van der Waals surface area (Å²) in [6.45, 7) is 2.22. The largest absolute Gasteiger partial charge is 0.326 e. The fourth-order valence-corrected chi connectivity index (χ4v) is 3.71. The molecule has 1 heterocycles. The van der Waals surface area contributed by atoms with Crippen molar-refractivity contribution in [1.29, 1.82) is 0 Å². The summed E-state index contributed by atoms with van der Waals surface area (Å²) in [5.74, 6) is -0.796. The molecular formula is C22H23FN4O. The number of halogens is 1. The van der Waals surface area contributed by atoms with Gasteiger partial charge in [-0.25, -0.2) is 9.07 Å². The van der Waals surface area contributed by atoms with E-state index in [4.69, 9.17) is 5.73 Å². The van der Waals surface area contributed by atoms with E-state index in [0.29, 0.717) is 17.9 Å². The highest BCUT2D eigenvalue weighted by Gasteiger charge is 2.19. The first-order valence-corrected chi connectivity index (χ1v) is 9.54.